The van der Waals surface area contributed by atoms with Gasteiger partial charge in [0.25, 0.3) is 0 Å². The maximum atomic E-state index is 13.2. The van der Waals surface area contributed by atoms with Crippen LogP contribution in [-0.2, 0) is 16.0 Å². The van der Waals surface area contributed by atoms with Gasteiger partial charge in [0.2, 0.25) is 5.91 Å². The summed E-state index contributed by atoms with van der Waals surface area (Å²) in [7, 11) is 0. The minimum absolute atomic E-state index is 0.175. The van der Waals surface area contributed by atoms with E-state index in [0.717, 1.165) is 18.4 Å². The van der Waals surface area contributed by atoms with Crippen molar-refractivity contribution in [1.29, 1.82) is 0 Å². The van der Waals surface area contributed by atoms with E-state index in [4.69, 9.17) is 11.6 Å². The van der Waals surface area contributed by atoms with Gasteiger partial charge in [-0.25, -0.2) is 4.79 Å². The number of amides is 1. The summed E-state index contributed by atoms with van der Waals surface area (Å²) in [5.74, 6) is -1.97. The Hall–Kier alpha value is -3.05. The fraction of sp³-hybridized carbons (Fsp3) is 0.280. The van der Waals surface area contributed by atoms with Gasteiger partial charge in [0.1, 0.15) is 0 Å². The van der Waals surface area contributed by atoms with E-state index in [1.165, 1.54) is 5.56 Å². The molecule has 0 aromatic heterocycles. The zero-order valence-corrected chi connectivity index (χ0v) is 18.5. The molecule has 0 saturated carbocycles. The molecule has 0 spiro atoms. The molecule has 31 heavy (non-hydrogen) atoms. The number of carbonyl (C=O) groups is 2. The highest BCUT2D eigenvalue weighted by Crippen LogP contribution is 2.37. The lowest BCUT2D eigenvalue weighted by atomic mass is 9.79. The Balaban J connectivity index is 1.81. The highest BCUT2D eigenvalue weighted by Gasteiger charge is 2.36. The largest absolute Gasteiger partial charge is 0.478 e. The smallest absolute Gasteiger partial charge is 0.334 e. The van der Waals surface area contributed by atoms with Crippen LogP contribution in [0.15, 0.2) is 87.8 Å². The van der Waals surface area contributed by atoms with Crippen LogP contribution in [0.1, 0.15) is 32.3 Å². The van der Waals surface area contributed by atoms with Gasteiger partial charge in [0.05, 0.1) is 5.57 Å². The molecule has 1 atom stereocenters. The summed E-state index contributed by atoms with van der Waals surface area (Å²) in [6.45, 7) is 4.03. The van der Waals surface area contributed by atoms with Crippen LogP contribution < -0.4 is 10.6 Å². The molecule has 2 aliphatic rings. The zero-order valence-electron chi connectivity index (χ0n) is 17.7. The molecule has 1 aromatic rings. The summed E-state index contributed by atoms with van der Waals surface area (Å²) < 4.78 is 0. The number of halogens is 1. The lowest BCUT2D eigenvalue weighted by Gasteiger charge is -2.30. The van der Waals surface area contributed by atoms with E-state index < -0.39 is 11.9 Å². The first-order valence-electron chi connectivity index (χ1n) is 10.3. The summed E-state index contributed by atoms with van der Waals surface area (Å²) >= 11 is 6.15. The van der Waals surface area contributed by atoms with Gasteiger partial charge in [-0.15, -0.1) is 0 Å². The summed E-state index contributed by atoms with van der Waals surface area (Å²) in [5.41, 5.74) is 3.76. The molecule has 3 rings (SSSR count). The van der Waals surface area contributed by atoms with E-state index in [2.05, 4.69) is 22.8 Å². The number of allylic oxidation sites excluding steroid dienone is 8. The lowest BCUT2D eigenvalue weighted by Crippen LogP contribution is -2.38. The predicted molar refractivity (Wildman–Crippen MR) is 123 cm³/mol. The van der Waals surface area contributed by atoms with Crippen molar-refractivity contribution in [3.8, 4) is 0 Å². The highest BCUT2D eigenvalue weighted by molar-refractivity contribution is 6.29. The molecular weight excluding hydrogens is 412 g/mol. The Kier molecular flexibility index (Phi) is 7.53. The van der Waals surface area contributed by atoms with Gasteiger partial charge in [-0.05, 0) is 43.9 Å². The average molecular weight is 439 g/mol. The van der Waals surface area contributed by atoms with Gasteiger partial charge in [-0.1, -0.05) is 60.2 Å². The van der Waals surface area contributed by atoms with Crippen molar-refractivity contribution < 1.29 is 14.7 Å². The van der Waals surface area contributed by atoms with Crippen LogP contribution in [0.5, 0.6) is 0 Å². The molecule has 1 unspecified atom stereocenters. The van der Waals surface area contributed by atoms with Crippen LogP contribution >= 0.6 is 11.6 Å². The van der Waals surface area contributed by atoms with Gasteiger partial charge >= 0.3 is 5.97 Å². The lowest BCUT2D eigenvalue weighted by molar-refractivity contribution is -0.133. The van der Waals surface area contributed by atoms with Crippen LogP contribution in [-0.4, -0.2) is 23.5 Å². The fourth-order valence-corrected chi connectivity index (χ4v) is 4.13. The molecule has 6 heteroatoms. The number of hydrogen-bond donors (Lipinski definition) is 3. The van der Waals surface area contributed by atoms with E-state index in [9.17, 15) is 14.7 Å². The van der Waals surface area contributed by atoms with E-state index >= 15 is 0 Å². The van der Waals surface area contributed by atoms with Crippen molar-refractivity contribution >= 4 is 23.5 Å². The zero-order chi connectivity index (χ0) is 22.4. The molecule has 1 aromatic carbocycles. The van der Waals surface area contributed by atoms with Gasteiger partial charge in [-0.2, -0.15) is 0 Å². The Bertz CT molecular complexity index is 1020. The van der Waals surface area contributed by atoms with Crippen LogP contribution in [0.25, 0.3) is 0 Å². The number of nitrogens with one attached hydrogen (secondary N) is 2. The third-order valence-electron chi connectivity index (χ3n) is 5.44. The first-order chi connectivity index (χ1) is 14.9. The van der Waals surface area contributed by atoms with Crippen molar-refractivity contribution in [2.45, 2.75) is 33.1 Å². The Labute approximate surface area is 187 Å². The molecule has 0 radical (unpaired) electrons. The molecule has 5 nitrogen and oxygen atoms in total. The SMILES string of the molecule is CC1=C(C(=O)O)C(C2=CCC(Cl)=CC=C2)C(C(=O)NCCCc2ccccc2)=C(C)N1. The second-order valence-corrected chi connectivity index (χ2v) is 8.15. The summed E-state index contributed by atoms with van der Waals surface area (Å²) in [4.78, 5) is 25.3. The van der Waals surface area contributed by atoms with Crippen molar-refractivity contribution in [1.82, 2.24) is 10.6 Å². The minimum Gasteiger partial charge on any atom is -0.478 e. The number of aliphatic carboxylic acids is 1. The predicted octanol–water partition coefficient (Wildman–Crippen LogP) is 4.60. The summed E-state index contributed by atoms with van der Waals surface area (Å²) in [6, 6.07) is 10.1. The topological polar surface area (TPSA) is 78.4 Å². The third-order valence-corrected chi connectivity index (χ3v) is 5.72. The van der Waals surface area contributed by atoms with Gasteiger partial charge in [0, 0.05) is 40.9 Å². The van der Waals surface area contributed by atoms with Crippen LogP contribution in [0.2, 0.25) is 0 Å². The Morgan fingerprint density at radius 2 is 1.87 bits per heavy atom. The van der Waals surface area contributed by atoms with Crippen molar-refractivity contribution in [3.05, 3.63) is 93.3 Å². The molecule has 1 aliphatic heterocycles. The molecule has 1 heterocycles. The fourth-order valence-electron chi connectivity index (χ4n) is 3.98. The van der Waals surface area contributed by atoms with E-state index in [0.29, 0.717) is 35.0 Å². The van der Waals surface area contributed by atoms with Crippen molar-refractivity contribution in [2.24, 2.45) is 5.92 Å². The number of carboxylic acid groups (broad SMARTS) is 1. The molecule has 1 aliphatic carbocycles. The molecule has 1 amide bonds. The number of carboxylic acids is 1. The van der Waals surface area contributed by atoms with E-state index in [1.54, 1.807) is 26.0 Å². The maximum absolute atomic E-state index is 13.2. The monoisotopic (exact) mass is 438 g/mol. The maximum Gasteiger partial charge on any atom is 0.334 e. The normalized spacial score (nSPS) is 18.7. The molecule has 0 bridgehead atoms. The summed E-state index contributed by atoms with van der Waals surface area (Å²) in [6.07, 6.45) is 9.44. The Morgan fingerprint density at radius 3 is 2.58 bits per heavy atom. The van der Waals surface area contributed by atoms with Gasteiger partial charge in [-0.3, -0.25) is 4.79 Å². The molecule has 162 valence electrons. The molecule has 0 fully saturated rings. The second kappa shape index (κ2) is 10.3. The van der Waals surface area contributed by atoms with Gasteiger partial charge < -0.3 is 15.7 Å². The van der Waals surface area contributed by atoms with Crippen LogP contribution in [0.3, 0.4) is 0 Å². The molecular formula is C25H27ClN2O3. The average Bonchev–Trinajstić information content (AvgIpc) is 2.95. The second-order valence-electron chi connectivity index (χ2n) is 7.67. The number of hydrogen-bond acceptors (Lipinski definition) is 3. The molecule has 3 N–H and O–H groups in total. The first-order valence-corrected chi connectivity index (χ1v) is 10.7. The van der Waals surface area contributed by atoms with E-state index in [1.807, 2.05) is 30.4 Å². The minimum atomic E-state index is -1.05. The number of dihydropyridines is 1. The first kappa shape index (κ1) is 22.6. The number of rotatable bonds is 7. The number of aryl methyl sites for hydroxylation is 1. The standard InChI is InChI=1S/C25H27ClN2O3/c1-16-21(24(29)27-15-7-10-18-8-4-3-5-9-18)23(22(25(30)31)17(2)28-16)19-11-6-12-20(26)14-13-19/h3-6,8-9,11-13,23,28H,7,10,14-15H2,1-2H3,(H,27,29)(H,30,31). The quantitative estimate of drug-likeness (QED) is 0.544. The highest BCUT2D eigenvalue weighted by atomic mass is 35.5. The Morgan fingerprint density at radius 1 is 1.16 bits per heavy atom. The number of benzene rings is 1. The van der Waals surface area contributed by atoms with E-state index in [-0.39, 0.29) is 11.5 Å². The summed E-state index contributed by atoms with van der Waals surface area (Å²) in [5, 5.41) is 16.6. The van der Waals surface area contributed by atoms with Crippen molar-refractivity contribution in [2.75, 3.05) is 6.54 Å². The van der Waals surface area contributed by atoms with Gasteiger partial charge in [0.15, 0.2) is 0 Å². The van der Waals surface area contributed by atoms with Crippen molar-refractivity contribution in [3.63, 3.8) is 0 Å². The molecule has 0 saturated heterocycles. The third kappa shape index (κ3) is 5.56. The number of carbonyl (C=O) groups excluding carboxylic acids is 1. The van der Waals surface area contributed by atoms with Crippen LogP contribution in [0.4, 0.5) is 0 Å². The van der Waals surface area contributed by atoms with Crippen LogP contribution in [0, 0.1) is 5.92 Å².